The van der Waals surface area contributed by atoms with E-state index in [9.17, 15) is 4.79 Å². The van der Waals surface area contributed by atoms with Gasteiger partial charge in [-0.05, 0) is 32.9 Å². The van der Waals surface area contributed by atoms with Gasteiger partial charge in [0.15, 0.2) is 6.54 Å². The summed E-state index contributed by atoms with van der Waals surface area (Å²) >= 11 is 0. The van der Waals surface area contributed by atoms with Crippen LogP contribution in [0, 0.1) is 0 Å². The number of hydrogen-bond acceptors (Lipinski definition) is 4. The highest BCUT2D eigenvalue weighted by molar-refractivity contribution is 5.67. The number of hydrogen-bond donors (Lipinski definition) is 1. The lowest BCUT2D eigenvalue weighted by atomic mass is 10.4. The highest BCUT2D eigenvalue weighted by Gasteiger charge is 2.16. The molecule has 1 heterocycles. The fourth-order valence-electron chi connectivity index (χ4n) is 1.38. The van der Waals surface area contributed by atoms with Gasteiger partial charge in [-0.15, -0.1) is 0 Å². The van der Waals surface area contributed by atoms with Crippen LogP contribution in [0.25, 0.3) is 0 Å². The topological polar surface area (TPSA) is 65.4 Å². The summed E-state index contributed by atoms with van der Waals surface area (Å²) in [5.41, 5.74) is 5.91. The maximum absolute atomic E-state index is 11.4. The van der Waals surface area contributed by atoms with Gasteiger partial charge in [-0.2, -0.15) is 0 Å². The first-order chi connectivity index (χ1) is 8.04. The van der Waals surface area contributed by atoms with E-state index in [0.717, 1.165) is 0 Å². The van der Waals surface area contributed by atoms with Crippen LogP contribution in [-0.2, 0) is 16.1 Å². The molecule has 0 unspecified atom stereocenters. The van der Waals surface area contributed by atoms with Gasteiger partial charge in [0.05, 0.1) is 18.9 Å². The Hall–Kier alpha value is -1.30. The number of rotatable bonds is 5. The van der Waals surface area contributed by atoms with Crippen LogP contribution in [0.3, 0.4) is 0 Å². The van der Waals surface area contributed by atoms with E-state index >= 15 is 0 Å². The molecule has 1 aromatic heterocycles. The number of halogens is 1. The second-order valence-corrected chi connectivity index (χ2v) is 3.86. The Morgan fingerprint density at radius 3 is 2.72 bits per heavy atom. The highest BCUT2D eigenvalue weighted by Crippen LogP contribution is 2.17. The molecule has 0 radical (unpaired) electrons. The van der Waals surface area contributed by atoms with Crippen molar-refractivity contribution in [1.29, 1.82) is 0 Å². The van der Waals surface area contributed by atoms with E-state index in [0.29, 0.717) is 18.2 Å². The van der Waals surface area contributed by atoms with Gasteiger partial charge < -0.3 is 26.5 Å². The van der Waals surface area contributed by atoms with Gasteiger partial charge in [0.2, 0.25) is 5.75 Å². The van der Waals surface area contributed by atoms with E-state index in [1.165, 1.54) is 0 Å². The normalized spacial score (nSPS) is 9.78. The lowest BCUT2D eigenvalue weighted by molar-refractivity contribution is -0.671. The second-order valence-electron chi connectivity index (χ2n) is 3.86. The number of aromatic nitrogens is 1. The smallest absolute Gasteiger partial charge is 0.348 e. The van der Waals surface area contributed by atoms with Crippen LogP contribution in [-0.4, -0.2) is 18.7 Å². The molecule has 6 heteroatoms. The lowest BCUT2D eigenvalue weighted by Gasteiger charge is -2.11. The second kappa shape index (κ2) is 7.92. The van der Waals surface area contributed by atoms with Crippen molar-refractivity contribution in [2.75, 3.05) is 12.3 Å². The SMILES string of the molecule is CCOC(=O)C[n+]1cccc(OC(C)C)c1N.[Br-]. The zero-order valence-corrected chi connectivity index (χ0v) is 12.4. The summed E-state index contributed by atoms with van der Waals surface area (Å²) in [6.45, 7) is 6.06. The van der Waals surface area contributed by atoms with Gasteiger partial charge in [0.1, 0.15) is 0 Å². The van der Waals surface area contributed by atoms with Crippen LogP contribution in [0.1, 0.15) is 20.8 Å². The van der Waals surface area contributed by atoms with Gasteiger partial charge in [-0.3, -0.25) is 5.73 Å². The highest BCUT2D eigenvalue weighted by atomic mass is 79.9. The number of ether oxygens (including phenoxy) is 2. The van der Waals surface area contributed by atoms with Crippen LogP contribution >= 0.6 is 0 Å². The molecule has 0 aliphatic rings. The van der Waals surface area contributed by atoms with Gasteiger partial charge in [0.25, 0.3) is 0 Å². The molecule has 1 aromatic rings. The first kappa shape index (κ1) is 16.7. The number of anilines is 1. The van der Waals surface area contributed by atoms with Crippen molar-refractivity contribution in [3.8, 4) is 5.75 Å². The van der Waals surface area contributed by atoms with Crippen molar-refractivity contribution in [1.82, 2.24) is 0 Å². The Bertz CT molecular complexity index is 397. The van der Waals surface area contributed by atoms with Crippen LogP contribution in [0.4, 0.5) is 5.82 Å². The standard InChI is InChI=1S/C12H18N2O3.BrH/c1-4-16-11(15)8-14-7-5-6-10(12(14)13)17-9(2)3;/h5-7,9,13H,4,8H2,1-3H3;1H. The number of pyridine rings is 1. The number of esters is 1. The Morgan fingerprint density at radius 1 is 1.50 bits per heavy atom. The number of nitrogens with two attached hydrogens (primary N) is 1. The first-order valence-electron chi connectivity index (χ1n) is 5.64. The molecule has 0 atom stereocenters. The third-order valence-electron chi connectivity index (χ3n) is 2.04. The van der Waals surface area contributed by atoms with Crippen LogP contribution in [0.2, 0.25) is 0 Å². The summed E-state index contributed by atoms with van der Waals surface area (Å²) in [6, 6.07) is 3.56. The third kappa shape index (κ3) is 4.91. The third-order valence-corrected chi connectivity index (χ3v) is 2.04. The van der Waals surface area contributed by atoms with Gasteiger partial charge in [-0.1, -0.05) is 0 Å². The first-order valence-corrected chi connectivity index (χ1v) is 5.64. The van der Waals surface area contributed by atoms with E-state index in [2.05, 4.69) is 0 Å². The fourth-order valence-corrected chi connectivity index (χ4v) is 1.38. The molecule has 0 saturated carbocycles. The largest absolute Gasteiger partial charge is 1.00 e. The lowest BCUT2D eigenvalue weighted by Crippen LogP contribution is -3.00. The number of carbonyl (C=O) groups is 1. The predicted octanol–water partition coefficient (Wildman–Crippen LogP) is -2.09. The van der Waals surface area contributed by atoms with Crippen LogP contribution < -0.4 is 32.0 Å². The Kier molecular flexibility index (Phi) is 7.35. The number of carbonyl (C=O) groups excluding carboxylic acids is 1. The summed E-state index contributed by atoms with van der Waals surface area (Å²) in [6.07, 6.45) is 1.76. The van der Waals surface area contributed by atoms with Gasteiger partial charge >= 0.3 is 11.8 Å². The minimum atomic E-state index is -0.314. The Labute approximate surface area is 118 Å². The molecular formula is C12H19BrN2O3. The molecule has 0 fully saturated rings. The van der Waals surface area contributed by atoms with Crippen molar-refractivity contribution in [2.45, 2.75) is 33.4 Å². The van der Waals surface area contributed by atoms with Crippen molar-refractivity contribution in [3.05, 3.63) is 18.3 Å². The van der Waals surface area contributed by atoms with Crippen molar-refractivity contribution < 1.29 is 35.8 Å². The zero-order chi connectivity index (χ0) is 12.8. The van der Waals surface area contributed by atoms with Crippen molar-refractivity contribution in [2.24, 2.45) is 0 Å². The molecule has 0 aliphatic carbocycles. The van der Waals surface area contributed by atoms with Gasteiger partial charge in [0, 0.05) is 0 Å². The maximum Gasteiger partial charge on any atom is 0.348 e. The molecule has 0 amide bonds. The average Bonchev–Trinajstić information content (AvgIpc) is 2.23. The number of nitrogen functional groups attached to an aromatic ring is 1. The van der Waals surface area contributed by atoms with Gasteiger partial charge in [-0.25, -0.2) is 9.36 Å². The van der Waals surface area contributed by atoms with E-state index in [1.807, 2.05) is 13.8 Å². The van der Waals surface area contributed by atoms with Crippen LogP contribution in [0.15, 0.2) is 18.3 Å². The maximum atomic E-state index is 11.4. The van der Waals surface area contributed by atoms with E-state index in [1.54, 1.807) is 29.8 Å². The molecule has 1 rings (SSSR count). The van der Waals surface area contributed by atoms with Crippen LogP contribution in [0.5, 0.6) is 5.75 Å². The molecule has 102 valence electrons. The molecule has 0 spiro atoms. The summed E-state index contributed by atoms with van der Waals surface area (Å²) in [5.74, 6) is 0.687. The molecule has 0 aromatic carbocycles. The van der Waals surface area contributed by atoms with Crippen molar-refractivity contribution >= 4 is 11.8 Å². The quantitative estimate of drug-likeness (QED) is 0.499. The summed E-state index contributed by atoms with van der Waals surface area (Å²) in [4.78, 5) is 11.4. The fraction of sp³-hybridized carbons (Fsp3) is 0.500. The minimum Gasteiger partial charge on any atom is -1.00 e. The summed E-state index contributed by atoms with van der Waals surface area (Å²) < 4.78 is 12.0. The molecule has 0 bridgehead atoms. The molecule has 2 N–H and O–H groups in total. The Morgan fingerprint density at radius 2 is 2.17 bits per heavy atom. The molecule has 5 nitrogen and oxygen atoms in total. The molecule has 18 heavy (non-hydrogen) atoms. The predicted molar refractivity (Wildman–Crippen MR) is 63.4 cm³/mol. The van der Waals surface area contributed by atoms with E-state index < -0.39 is 0 Å². The number of nitrogens with zero attached hydrogens (tertiary/aromatic N) is 1. The Balaban J connectivity index is 0.00000289. The summed E-state index contributed by atoms with van der Waals surface area (Å²) in [7, 11) is 0. The minimum absolute atomic E-state index is 0. The zero-order valence-electron chi connectivity index (χ0n) is 10.9. The monoisotopic (exact) mass is 318 g/mol. The summed E-state index contributed by atoms with van der Waals surface area (Å²) in [5, 5.41) is 0. The molecular weight excluding hydrogens is 300 g/mol. The molecule has 0 saturated heterocycles. The molecule has 0 aliphatic heterocycles. The van der Waals surface area contributed by atoms with E-state index in [-0.39, 0.29) is 35.6 Å². The van der Waals surface area contributed by atoms with Crippen molar-refractivity contribution in [3.63, 3.8) is 0 Å². The average molecular weight is 319 g/mol. The van der Waals surface area contributed by atoms with E-state index in [4.69, 9.17) is 15.2 Å².